The van der Waals surface area contributed by atoms with Crippen LogP contribution in [0.15, 0.2) is 42.7 Å². The summed E-state index contributed by atoms with van der Waals surface area (Å²) in [7, 11) is 1.53. The first-order chi connectivity index (χ1) is 12.6. The number of aromatic nitrogens is 1. The molecular formula is C18H19ClFN3O3. The van der Waals surface area contributed by atoms with Crippen LogP contribution in [0.3, 0.4) is 0 Å². The van der Waals surface area contributed by atoms with Crippen LogP contribution in [0.2, 0.25) is 5.02 Å². The van der Waals surface area contributed by atoms with E-state index in [9.17, 15) is 9.18 Å². The lowest BCUT2D eigenvalue weighted by Gasteiger charge is -2.29. The van der Waals surface area contributed by atoms with E-state index in [2.05, 4.69) is 10.3 Å². The van der Waals surface area contributed by atoms with Gasteiger partial charge >= 0.3 is 0 Å². The quantitative estimate of drug-likeness (QED) is 0.827. The standard InChI is InChI=1S/C18H19ClFN3O3/c1-23(18(24)13-3-2-6-21-10-13)26-16-11-22-7-8-25-17(16)12-4-5-14(19)15(20)9-12/h2-6,9-10,16-17,22H,7-8,11H2,1H3. The number of halogens is 2. The molecule has 1 aliphatic heterocycles. The summed E-state index contributed by atoms with van der Waals surface area (Å²) in [6.45, 7) is 1.52. The molecule has 0 saturated carbocycles. The average molecular weight is 380 g/mol. The number of nitrogens with one attached hydrogen (secondary N) is 1. The summed E-state index contributed by atoms with van der Waals surface area (Å²) < 4.78 is 19.7. The molecule has 2 unspecified atom stereocenters. The number of hydrogen-bond acceptors (Lipinski definition) is 5. The Balaban J connectivity index is 1.78. The van der Waals surface area contributed by atoms with Gasteiger partial charge in [-0.2, -0.15) is 0 Å². The van der Waals surface area contributed by atoms with Gasteiger partial charge in [-0.25, -0.2) is 9.45 Å². The van der Waals surface area contributed by atoms with Crippen LogP contribution in [0.4, 0.5) is 4.39 Å². The summed E-state index contributed by atoms with van der Waals surface area (Å²) in [6.07, 6.45) is 1.99. The number of nitrogens with zero attached hydrogens (tertiary/aromatic N) is 2. The second kappa shape index (κ2) is 8.55. The van der Waals surface area contributed by atoms with Crippen molar-refractivity contribution >= 4 is 17.5 Å². The molecule has 2 aromatic rings. The number of rotatable bonds is 4. The molecule has 3 rings (SSSR count). The van der Waals surface area contributed by atoms with Gasteiger partial charge in [-0.3, -0.25) is 14.6 Å². The molecule has 8 heteroatoms. The van der Waals surface area contributed by atoms with E-state index in [4.69, 9.17) is 21.2 Å². The van der Waals surface area contributed by atoms with Crippen LogP contribution < -0.4 is 5.32 Å². The largest absolute Gasteiger partial charge is 0.369 e. The molecule has 26 heavy (non-hydrogen) atoms. The highest BCUT2D eigenvalue weighted by atomic mass is 35.5. The van der Waals surface area contributed by atoms with Crippen molar-refractivity contribution in [2.45, 2.75) is 12.2 Å². The molecule has 2 heterocycles. The number of carbonyl (C=O) groups excluding carboxylic acids is 1. The zero-order valence-electron chi connectivity index (χ0n) is 14.2. The first kappa shape index (κ1) is 18.7. The minimum Gasteiger partial charge on any atom is -0.369 e. The van der Waals surface area contributed by atoms with Crippen molar-refractivity contribution in [2.24, 2.45) is 0 Å². The molecule has 1 amide bonds. The Morgan fingerprint density at radius 3 is 3.04 bits per heavy atom. The van der Waals surface area contributed by atoms with Gasteiger partial charge in [0.1, 0.15) is 18.0 Å². The fraction of sp³-hybridized carbons (Fsp3) is 0.333. The molecular weight excluding hydrogens is 361 g/mol. The third kappa shape index (κ3) is 4.37. The van der Waals surface area contributed by atoms with Crippen molar-refractivity contribution < 1.29 is 18.8 Å². The second-order valence-corrected chi connectivity index (χ2v) is 6.26. The Bertz CT molecular complexity index is 763. The van der Waals surface area contributed by atoms with Gasteiger partial charge in [-0.05, 0) is 29.8 Å². The van der Waals surface area contributed by atoms with E-state index in [0.29, 0.717) is 30.8 Å². The second-order valence-electron chi connectivity index (χ2n) is 5.86. The molecule has 0 radical (unpaired) electrons. The van der Waals surface area contributed by atoms with Crippen LogP contribution in [0.5, 0.6) is 0 Å². The van der Waals surface area contributed by atoms with Crippen LogP contribution in [-0.4, -0.2) is 48.8 Å². The van der Waals surface area contributed by atoms with Gasteiger partial charge in [0.05, 0.1) is 17.2 Å². The molecule has 1 aromatic carbocycles. The Hall–Kier alpha value is -2.06. The normalized spacial score (nSPS) is 20.4. The van der Waals surface area contributed by atoms with E-state index in [1.807, 2.05) is 0 Å². The zero-order chi connectivity index (χ0) is 18.5. The highest BCUT2D eigenvalue weighted by Gasteiger charge is 2.30. The van der Waals surface area contributed by atoms with Crippen molar-refractivity contribution in [3.8, 4) is 0 Å². The summed E-state index contributed by atoms with van der Waals surface area (Å²) in [5.41, 5.74) is 1.01. The molecule has 0 spiro atoms. The van der Waals surface area contributed by atoms with Gasteiger partial charge in [0.25, 0.3) is 5.91 Å². The SMILES string of the molecule is CN(OC1CNCCOC1c1ccc(Cl)c(F)c1)C(=O)c1cccnc1. The Kier molecular flexibility index (Phi) is 6.16. The Morgan fingerprint density at radius 1 is 1.46 bits per heavy atom. The predicted molar refractivity (Wildman–Crippen MR) is 94.2 cm³/mol. The lowest BCUT2D eigenvalue weighted by atomic mass is 10.0. The van der Waals surface area contributed by atoms with Crippen LogP contribution in [0.1, 0.15) is 22.0 Å². The molecule has 6 nitrogen and oxygen atoms in total. The van der Waals surface area contributed by atoms with Gasteiger partial charge in [0.2, 0.25) is 0 Å². The molecule has 0 bridgehead atoms. The van der Waals surface area contributed by atoms with E-state index >= 15 is 0 Å². The average Bonchev–Trinajstić information content (AvgIpc) is 2.89. The molecule has 138 valence electrons. The molecule has 1 aliphatic rings. The van der Waals surface area contributed by atoms with Crippen LogP contribution in [0, 0.1) is 5.82 Å². The maximum Gasteiger partial charge on any atom is 0.278 e. The predicted octanol–water partition coefficient (Wildman–Crippen LogP) is 2.61. The summed E-state index contributed by atoms with van der Waals surface area (Å²) >= 11 is 5.76. The third-order valence-corrected chi connectivity index (χ3v) is 4.33. The van der Waals surface area contributed by atoms with Gasteiger partial charge in [-0.15, -0.1) is 0 Å². The Labute approximate surface area is 155 Å². The molecule has 1 N–H and O–H groups in total. The summed E-state index contributed by atoms with van der Waals surface area (Å²) in [5, 5.41) is 4.38. The number of hydroxylamine groups is 2. The minimum atomic E-state index is -0.541. The van der Waals surface area contributed by atoms with Crippen LogP contribution in [-0.2, 0) is 9.57 Å². The summed E-state index contributed by atoms with van der Waals surface area (Å²) in [5.74, 6) is -0.855. The van der Waals surface area contributed by atoms with Gasteiger partial charge in [0.15, 0.2) is 0 Å². The lowest BCUT2D eigenvalue weighted by Crippen LogP contribution is -2.39. The van der Waals surface area contributed by atoms with E-state index in [0.717, 1.165) is 5.06 Å². The smallest absolute Gasteiger partial charge is 0.278 e. The molecule has 1 saturated heterocycles. The monoisotopic (exact) mass is 379 g/mol. The molecule has 1 fully saturated rings. The lowest BCUT2D eigenvalue weighted by molar-refractivity contribution is -0.183. The summed E-state index contributed by atoms with van der Waals surface area (Å²) in [6, 6.07) is 7.84. The van der Waals surface area contributed by atoms with Crippen LogP contribution >= 0.6 is 11.6 Å². The minimum absolute atomic E-state index is 0.0434. The Morgan fingerprint density at radius 2 is 2.31 bits per heavy atom. The van der Waals surface area contributed by atoms with Crippen molar-refractivity contribution in [1.82, 2.24) is 15.4 Å². The summed E-state index contributed by atoms with van der Waals surface area (Å²) in [4.78, 5) is 22.2. The van der Waals surface area contributed by atoms with E-state index in [-0.39, 0.29) is 10.9 Å². The third-order valence-electron chi connectivity index (χ3n) is 4.02. The number of hydrogen-bond donors (Lipinski definition) is 1. The number of amides is 1. The number of ether oxygens (including phenoxy) is 1. The first-order valence-electron chi connectivity index (χ1n) is 8.18. The van der Waals surface area contributed by atoms with E-state index in [1.165, 1.54) is 25.4 Å². The number of benzene rings is 1. The van der Waals surface area contributed by atoms with Crippen molar-refractivity contribution in [3.05, 3.63) is 64.7 Å². The van der Waals surface area contributed by atoms with Crippen molar-refractivity contribution in [1.29, 1.82) is 0 Å². The maximum absolute atomic E-state index is 13.9. The first-order valence-corrected chi connectivity index (χ1v) is 8.56. The maximum atomic E-state index is 13.9. The zero-order valence-corrected chi connectivity index (χ0v) is 14.9. The fourth-order valence-corrected chi connectivity index (χ4v) is 2.85. The molecule has 0 aliphatic carbocycles. The highest BCUT2D eigenvalue weighted by molar-refractivity contribution is 6.30. The van der Waals surface area contributed by atoms with E-state index in [1.54, 1.807) is 24.4 Å². The van der Waals surface area contributed by atoms with Gasteiger partial charge < -0.3 is 10.1 Å². The molecule has 1 aromatic heterocycles. The highest BCUT2D eigenvalue weighted by Crippen LogP contribution is 2.28. The van der Waals surface area contributed by atoms with Gasteiger partial charge in [-0.1, -0.05) is 17.7 Å². The van der Waals surface area contributed by atoms with E-state index < -0.39 is 18.0 Å². The number of pyridine rings is 1. The van der Waals surface area contributed by atoms with Crippen molar-refractivity contribution in [3.63, 3.8) is 0 Å². The molecule has 2 atom stereocenters. The van der Waals surface area contributed by atoms with Crippen molar-refractivity contribution in [2.75, 3.05) is 26.7 Å². The number of carbonyl (C=O) groups is 1. The fourth-order valence-electron chi connectivity index (χ4n) is 2.73. The van der Waals surface area contributed by atoms with Gasteiger partial charge in [0, 0.05) is 32.5 Å². The topological polar surface area (TPSA) is 63.7 Å². The van der Waals surface area contributed by atoms with Crippen LogP contribution in [0.25, 0.3) is 0 Å².